The molecule has 0 saturated carbocycles. The van der Waals surface area contributed by atoms with Gasteiger partial charge in [-0.05, 0) is 38.9 Å². The molecule has 0 amide bonds. The fraction of sp³-hybridized carbons (Fsp3) is 0.562. The molecule has 3 atom stereocenters. The van der Waals surface area contributed by atoms with E-state index >= 15 is 0 Å². The summed E-state index contributed by atoms with van der Waals surface area (Å²) in [5, 5.41) is 21.1. The van der Waals surface area contributed by atoms with Gasteiger partial charge in [0.2, 0.25) is 0 Å². The van der Waals surface area contributed by atoms with Crippen molar-refractivity contribution in [3.63, 3.8) is 0 Å². The number of nitrogens with one attached hydrogen (secondary N) is 1. The first kappa shape index (κ1) is 20.5. The third kappa shape index (κ3) is 8.74. The Morgan fingerprint density at radius 1 is 1.27 bits per heavy atom. The molecule has 0 aromatic heterocycles. The maximum absolute atomic E-state index is 10.1. The van der Waals surface area contributed by atoms with E-state index in [4.69, 9.17) is 16.6 Å². The molecule has 0 fully saturated rings. The Morgan fingerprint density at radius 2 is 1.86 bits per heavy atom. The summed E-state index contributed by atoms with van der Waals surface area (Å²) >= 11 is 0. The van der Waals surface area contributed by atoms with Crippen LogP contribution in [-0.4, -0.2) is 41.9 Å². The quantitative estimate of drug-likeness (QED) is 0.454. The number of unbranched alkanes of at least 4 members (excludes halogenated alkanes) is 1. The molecule has 1 rings (SSSR count). The van der Waals surface area contributed by atoms with Gasteiger partial charge in [0, 0.05) is 6.04 Å². The largest absolute Gasteiger partial charge is 0.480 e. The van der Waals surface area contributed by atoms with Gasteiger partial charge in [-0.15, -0.1) is 0 Å². The molecule has 0 aliphatic rings. The summed E-state index contributed by atoms with van der Waals surface area (Å²) in [4.78, 5) is 10.1. The number of carboxylic acid groups (broad SMARTS) is 1. The lowest BCUT2D eigenvalue weighted by molar-refractivity contribution is -0.138. The SMILES string of the molecule is CN[C@@H](C)[C@@H](O)c1ccccc1.NCCCCC(N)C(=O)O. The molecule has 0 aliphatic heterocycles. The van der Waals surface area contributed by atoms with Crippen LogP contribution < -0.4 is 16.8 Å². The highest BCUT2D eigenvalue weighted by molar-refractivity contribution is 5.72. The van der Waals surface area contributed by atoms with Crippen molar-refractivity contribution in [3.05, 3.63) is 35.9 Å². The van der Waals surface area contributed by atoms with Crippen LogP contribution in [0.3, 0.4) is 0 Å². The lowest BCUT2D eigenvalue weighted by Gasteiger charge is -2.17. The second-order valence-electron chi connectivity index (χ2n) is 5.16. The van der Waals surface area contributed by atoms with Crippen molar-refractivity contribution in [3.8, 4) is 0 Å². The van der Waals surface area contributed by atoms with Crippen LogP contribution in [0.2, 0.25) is 0 Å². The van der Waals surface area contributed by atoms with Gasteiger partial charge in [0.25, 0.3) is 0 Å². The topological polar surface area (TPSA) is 122 Å². The highest BCUT2D eigenvalue weighted by Crippen LogP contribution is 2.15. The molecule has 22 heavy (non-hydrogen) atoms. The number of hydrogen-bond acceptors (Lipinski definition) is 5. The Balaban J connectivity index is 0.000000409. The standard InChI is InChI=1S/C10H15NO.C6H14N2O2/c1-8(11-2)10(12)9-6-4-3-5-7-9;7-4-2-1-3-5(8)6(9)10/h3-8,10-12H,1-2H3;5H,1-4,7-8H2,(H,9,10)/t8-,10+;/m0./s1. The fourth-order valence-electron chi connectivity index (χ4n) is 1.73. The van der Waals surface area contributed by atoms with Gasteiger partial charge in [-0.25, -0.2) is 0 Å². The van der Waals surface area contributed by atoms with Crippen LogP contribution in [0.15, 0.2) is 30.3 Å². The number of carboxylic acids is 1. The average Bonchev–Trinajstić information content (AvgIpc) is 2.54. The second kappa shape index (κ2) is 12.1. The predicted molar refractivity (Wildman–Crippen MR) is 88.4 cm³/mol. The van der Waals surface area contributed by atoms with Crippen LogP contribution in [0.1, 0.15) is 37.9 Å². The van der Waals surface area contributed by atoms with Crippen LogP contribution >= 0.6 is 0 Å². The van der Waals surface area contributed by atoms with E-state index in [0.29, 0.717) is 13.0 Å². The number of carbonyl (C=O) groups is 1. The minimum Gasteiger partial charge on any atom is -0.480 e. The van der Waals surface area contributed by atoms with E-state index < -0.39 is 18.1 Å². The number of aliphatic hydroxyl groups is 1. The minimum atomic E-state index is -0.933. The van der Waals surface area contributed by atoms with Gasteiger partial charge in [0.15, 0.2) is 0 Å². The van der Waals surface area contributed by atoms with Gasteiger partial charge in [-0.1, -0.05) is 36.8 Å². The molecule has 1 aromatic rings. The van der Waals surface area contributed by atoms with E-state index in [0.717, 1.165) is 18.4 Å². The molecule has 0 aliphatic carbocycles. The highest BCUT2D eigenvalue weighted by atomic mass is 16.4. The summed E-state index contributed by atoms with van der Waals surface area (Å²) in [7, 11) is 1.84. The zero-order chi connectivity index (χ0) is 17.0. The summed E-state index contributed by atoms with van der Waals surface area (Å²) < 4.78 is 0. The molecule has 0 radical (unpaired) electrons. The summed E-state index contributed by atoms with van der Waals surface area (Å²) in [6.07, 6.45) is 1.74. The number of nitrogens with two attached hydrogens (primary N) is 2. The van der Waals surface area contributed by atoms with E-state index in [1.54, 1.807) is 0 Å². The third-order valence-corrected chi connectivity index (χ3v) is 3.36. The monoisotopic (exact) mass is 311 g/mol. The minimum absolute atomic E-state index is 0.0902. The molecular formula is C16H29N3O3. The first-order chi connectivity index (χ1) is 10.4. The van der Waals surface area contributed by atoms with E-state index in [-0.39, 0.29) is 6.04 Å². The summed E-state index contributed by atoms with van der Waals surface area (Å²) in [5.74, 6) is -0.933. The highest BCUT2D eigenvalue weighted by Gasteiger charge is 2.13. The summed E-state index contributed by atoms with van der Waals surface area (Å²) in [5.41, 5.74) is 11.4. The van der Waals surface area contributed by atoms with Gasteiger partial charge >= 0.3 is 5.97 Å². The molecule has 7 N–H and O–H groups in total. The van der Waals surface area contributed by atoms with E-state index in [2.05, 4.69) is 5.32 Å². The van der Waals surface area contributed by atoms with Crippen LogP contribution in [0.4, 0.5) is 0 Å². The molecule has 0 spiro atoms. The molecule has 1 unspecified atom stereocenters. The van der Waals surface area contributed by atoms with E-state index in [9.17, 15) is 9.90 Å². The van der Waals surface area contributed by atoms with Gasteiger partial charge in [0.1, 0.15) is 6.04 Å². The summed E-state index contributed by atoms with van der Waals surface area (Å²) in [6, 6.07) is 9.04. The molecular weight excluding hydrogens is 282 g/mol. The average molecular weight is 311 g/mol. The molecule has 0 saturated heterocycles. The van der Waals surface area contributed by atoms with Crippen molar-refractivity contribution >= 4 is 5.97 Å². The van der Waals surface area contributed by atoms with Crippen molar-refractivity contribution in [2.75, 3.05) is 13.6 Å². The van der Waals surface area contributed by atoms with Crippen molar-refractivity contribution in [1.82, 2.24) is 5.32 Å². The molecule has 6 nitrogen and oxygen atoms in total. The second-order valence-corrected chi connectivity index (χ2v) is 5.16. The molecule has 126 valence electrons. The zero-order valence-electron chi connectivity index (χ0n) is 13.4. The van der Waals surface area contributed by atoms with E-state index in [1.165, 1.54) is 0 Å². The van der Waals surface area contributed by atoms with Crippen LogP contribution in [0.5, 0.6) is 0 Å². The Labute approximate surface area is 132 Å². The number of hydrogen-bond donors (Lipinski definition) is 5. The van der Waals surface area contributed by atoms with Crippen molar-refractivity contribution in [2.24, 2.45) is 11.5 Å². The summed E-state index contributed by atoms with van der Waals surface area (Å²) in [6.45, 7) is 2.56. The normalized spacial score (nSPS) is 14.4. The first-order valence-electron chi connectivity index (χ1n) is 7.52. The zero-order valence-corrected chi connectivity index (χ0v) is 13.4. The lowest BCUT2D eigenvalue weighted by Crippen LogP contribution is -2.29. The van der Waals surface area contributed by atoms with E-state index in [1.807, 2.05) is 44.3 Å². The molecule has 1 aromatic carbocycles. The van der Waals surface area contributed by atoms with Crippen molar-refractivity contribution in [1.29, 1.82) is 0 Å². The van der Waals surface area contributed by atoms with Crippen LogP contribution in [-0.2, 0) is 4.79 Å². The van der Waals surface area contributed by atoms with Gasteiger partial charge < -0.3 is 27.0 Å². The number of rotatable bonds is 8. The Kier molecular flexibility index (Phi) is 11.3. The number of benzene rings is 1. The molecule has 0 heterocycles. The molecule has 0 bridgehead atoms. The van der Waals surface area contributed by atoms with Gasteiger partial charge in [0.05, 0.1) is 6.10 Å². The Morgan fingerprint density at radius 3 is 2.32 bits per heavy atom. The maximum atomic E-state index is 10.1. The first-order valence-corrected chi connectivity index (χ1v) is 7.52. The molecule has 6 heteroatoms. The van der Waals surface area contributed by atoms with Crippen molar-refractivity contribution in [2.45, 2.75) is 44.4 Å². The predicted octanol–water partition coefficient (Wildman–Crippen LogP) is 0.855. The lowest BCUT2D eigenvalue weighted by atomic mass is 10.0. The van der Waals surface area contributed by atoms with Crippen molar-refractivity contribution < 1.29 is 15.0 Å². The van der Waals surface area contributed by atoms with Gasteiger partial charge in [-0.3, -0.25) is 4.79 Å². The van der Waals surface area contributed by atoms with Crippen LogP contribution in [0.25, 0.3) is 0 Å². The van der Waals surface area contributed by atoms with Gasteiger partial charge in [-0.2, -0.15) is 0 Å². The Bertz CT molecular complexity index is 401. The fourth-order valence-corrected chi connectivity index (χ4v) is 1.73. The Hall–Kier alpha value is -1.47. The number of aliphatic hydroxyl groups excluding tert-OH is 1. The number of aliphatic carboxylic acids is 1. The van der Waals surface area contributed by atoms with Crippen LogP contribution in [0, 0.1) is 0 Å². The number of likely N-dealkylation sites (N-methyl/N-ethyl adjacent to an activating group) is 1. The smallest absolute Gasteiger partial charge is 0.320 e. The maximum Gasteiger partial charge on any atom is 0.320 e. The third-order valence-electron chi connectivity index (χ3n) is 3.36.